The van der Waals surface area contributed by atoms with Crippen molar-refractivity contribution >= 4 is 10.0 Å². The van der Waals surface area contributed by atoms with Crippen LogP contribution in [0.5, 0.6) is 5.75 Å². The van der Waals surface area contributed by atoms with Gasteiger partial charge in [0.2, 0.25) is 10.0 Å². The second-order valence-electron chi connectivity index (χ2n) is 6.30. The molecular weight excluding hydrogens is 364 g/mol. The molecule has 142 valence electrons. The highest BCUT2D eigenvalue weighted by Crippen LogP contribution is 2.26. The summed E-state index contributed by atoms with van der Waals surface area (Å²) in [4.78, 5) is 4.22. The van der Waals surface area contributed by atoms with Crippen LogP contribution in [0.3, 0.4) is 0 Å². The van der Waals surface area contributed by atoms with Gasteiger partial charge in [-0.15, -0.1) is 0 Å². The molecule has 0 amide bonds. The molecule has 0 fully saturated rings. The van der Waals surface area contributed by atoms with E-state index in [1.807, 2.05) is 39.1 Å². The monoisotopic (exact) mass is 386 g/mol. The second-order valence-corrected chi connectivity index (χ2v) is 8.06. The molecular formula is C19H22N4O3S. The third-order valence-corrected chi connectivity index (χ3v) is 5.68. The van der Waals surface area contributed by atoms with Gasteiger partial charge in [-0.3, -0.25) is 9.67 Å². The fraction of sp³-hybridized carbons (Fsp3) is 0.263. The van der Waals surface area contributed by atoms with E-state index in [2.05, 4.69) is 14.8 Å². The van der Waals surface area contributed by atoms with Crippen molar-refractivity contribution < 1.29 is 13.2 Å². The zero-order valence-electron chi connectivity index (χ0n) is 15.7. The zero-order chi connectivity index (χ0) is 19.6. The molecule has 0 radical (unpaired) electrons. The van der Waals surface area contributed by atoms with Gasteiger partial charge in [0.05, 0.1) is 29.9 Å². The number of rotatable bonds is 6. The molecule has 0 atom stereocenters. The van der Waals surface area contributed by atoms with E-state index in [9.17, 15) is 8.42 Å². The molecule has 0 aliphatic heterocycles. The summed E-state index contributed by atoms with van der Waals surface area (Å²) >= 11 is 0. The van der Waals surface area contributed by atoms with Gasteiger partial charge >= 0.3 is 0 Å². The number of nitrogens with one attached hydrogen (secondary N) is 1. The fourth-order valence-corrected chi connectivity index (χ4v) is 4.21. The predicted molar refractivity (Wildman–Crippen MR) is 103 cm³/mol. The van der Waals surface area contributed by atoms with Crippen molar-refractivity contribution in [2.45, 2.75) is 25.3 Å². The van der Waals surface area contributed by atoms with Crippen LogP contribution in [0.15, 0.2) is 47.6 Å². The van der Waals surface area contributed by atoms with E-state index >= 15 is 0 Å². The summed E-state index contributed by atoms with van der Waals surface area (Å²) in [6.07, 6.45) is 3.41. The second kappa shape index (κ2) is 7.50. The molecule has 0 bridgehead atoms. The highest BCUT2D eigenvalue weighted by Gasteiger charge is 2.18. The molecule has 2 heterocycles. The number of benzene rings is 1. The SMILES string of the molecule is COc1c(C)cc(S(=O)(=O)NCc2cc(-c3ccncc3)n(C)n2)cc1C. The Kier molecular flexibility index (Phi) is 5.29. The maximum Gasteiger partial charge on any atom is 0.240 e. The number of nitrogens with zero attached hydrogens (tertiary/aromatic N) is 3. The number of aromatic nitrogens is 3. The van der Waals surface area contributed by atoms with Gasteiger partial charge in [0.1, 0.15) is 5.75 Å². The predicted octanol–water partition coefficient (Wildman–Crippen LogP) is 2.59. The van der Waals surface area contributed by atoms with Gasteiger partial charge in [-0.2, -0.15) is 5.10 Å². The topological polar surface area (TPSA) is 86.1 Å². The molecule has 3 aromatic rings. The summed E-state index contributed by atoms with van der Waals surface area (Å²) in [5.74, 6) is 0.695. The van der Waals surface area contributed by atoms with Crippen molar-refractivity contribution in [2.75, 3.05) is 7.11 Å². The van der Waals surface area contributed by atoms with E-state index in [1.54, 1.807) is 36.3 Å². The van der Waals surface area contributed by atoms with E-state index < -0.39 is 10.0 Å². The van der Waals surface area contributed by atoms with Crippen molar-refractivity contribution in [1.29, 1.82) is 0 Å². The minimum Gasteiger partial charge on any atom is -0.496 e. The number of hydrogen-bond acceptors (Lipinski definition) is 5. The zero-order valence-corrected chi connectivity index (χ0v) is 16.5. The van der Waals surface area contributed by atoms with Crippen molar-refractivity contribution in [3.63, 3.8) is 0 Å². The first kappa shape index (κ1) is 19.1. The molecule has 27 heavy (non-hydrogen) atoms. The number of aryl methyl sites for hydroxylation is 3. The van der Waals surface area contributed by atoms with Gasteiger partial charge in [0, 0.05) is 25.0 Å². The van der Waals surface area contributed by atoms with Crippen LogP contribution >= 0.6 is 0 Å². The molecule has 0 aliphatic rings. The Morgan fingerprint density at radius 1 is 1.11 bits per heavy atom. The van der Waals surface area contributed by atoms with E-state index in [-0.39, 0.29) is 11.4 Å². The first-order chi connectivity index (χ1) is 12.8. The lowest BCUT2D eigenvalue weighted by Gasteiger charge is -2.12. The van der Waals surface area contributed by atoms with Crippen LogP contribution in [0.1, 0.15) is 16.8 Å². The van der Waals surface area contributed by atoms with Gasteiger partial charge in [-0.25, -0.2) is 13.1 Å². The molecule has 0 saturated heterocycles. The van der Waals surface area contributed by atoms with Crippen LogP contribution in [-0.4, -0.2) is 30.3 Å². The average molecular weight is 386 g/mol. The number of sulfonamides is 1. The Morgan fingerprint density at radius 3 is 2.33 bits per heavy atom. The third kappa shape index (κ3) is 4.01. The molecule has 0 aliphatic carbocycles. The summed E-state index contributed by atoms with van der Waals surface area (Å²) in [6, 6.07) is 8.84. The largest absolute Gasteiger partial charge is 0.496 e. The quantitative estimate of drug-likeness (QED) is 0.704. The minimum absolute atomic E-state index is 0.103. The smallest absolute Gasteiger partial charge is 0.240 e. The molecule has 0 unspecified atom stereocenters. The molecule has 1 N–H and O–H groups in total. The molecule has 3 rings (SSSR count). The Morgan fingerprint density at radius 2 is 1.74 bits per heavy atom. The molecule has 1 aromatic carbocycles. The van der Waals surface area contributed by atoms with Crippen molar-refractivity contribution in [3.8, 4) is 17.0 Å². The lowest BCUT2D eigenvalue weighted by atomic mass is 10.1. The third-order valence-electron chi connectivity index (χ3n) is 4.30. The number of ether oxygens (including phenoxy) is 1. The maximum absolute atomic E-state index is 12.7. The summed E-state index contributed by atoms with van der Waals surface area (Å²) in [5, 5.41) is 4.40. The minimum atomic E-state index is -3.66. The van der Waals surface area contributed by atoms with Crippen LogP contribution in [0.4, 0.5) is 0 Å². The first-order valence-corrected chi connectivity index (χ1v) is 9.88. The van der Waals surface area contributed by atoms with Crippen molar-refractivity contribution in [2.24, 2.45) is 7.05 Å². The maximum atomic E-state index is 12.7. The van der Waals surface area contributed by atoms with E-state index in [4.69, 9.17) is 4.74 Å². The summed E-state index contributed by atoms with van der Waals surface area (Å²) in [6.45, 7) is 3.75. The van der Waals surface area contributed by atoms with E-state index in [1.165, 1.54) is 0 Å². The highest BCUT2D eigenvalue weighted by molar-refractivity contribution is 7.89. The first-order valence-electron chi connectivity index (χ1n) is 8.40. The Labute approximate surface area is 159 Å². The van der Waals surface area contributed by atoms with Crippen LogP contribution in [0.25, 0.3) is 11.3 Å². The standard InChI is InChI=1S/C19H22N4O3S/c1-13-9-17(10-14(2)19(13)26-4)27(24,25)21-12-16-11-18(23(3)22-16)15-5-7-20-8-6-15/h5-11,21H,12H2,1-4H3. The van der Waals surface area contributed by atoms with Crippen LogP contribution in [0, 0.1) is 13.8 Å². The van der Waals surface area contributed by atoms with Gasteiger partial charge in [-0.1, -0.05) is 0 Å². The number of pyridine rings is 1. The highest BCUT2D eigenvalue weighted by atomic mass is 32.2. The molecule has 2 aromatic heterocycles. The summed E-state index contributed by atoms with van der Waals surface area (Å²) in [7, 11) is -0.265. The average Bonchev–Trinajstić information content (AvgIpc) is 3.01. The van der Waals surface area contributed by atoms with Crippen molar-refractivity contribution in [3.05, 3.63) is 59.5 Å². The van der Waals surface area contributed by atoms with E-state index in [0.717, 1.165) is 22.4 Å². The van der Waals surface area contributed by atoms with Gasteiger partial charge < -0.3 is 4.74 Å². The Balaban J connectivity index is 1.81. The Hall–Kier alpha value is -2.71. The fourth-order valence-electron chi connectivity index (χ4n) is 3.05. The lowest BCUT2D eigenvalue weighted by Crippen LogP contribution is -2.23. The summed E-state index contributed by atoms with van der Waals surface area (Å²) in [5.41, 5.74) is 4.04. The summed E-state index contributed by atoms with van der Waals surface area (Å²) < 4.78 is 35.0. The molecule has 7 nitrogen and oxygen atoms in total. The lowest BCUT2D eigenvalue weighted by molar-refractivity contribution is 0.408. The molecule has 8 heteroatoms. The normalized spacial score (nSPS) is 11.6. The van der Waals surface area contributed by atoms with Crippen LogP contribution < -0.4 is 9.46 Å². The Bertz CT molecular complexity index is 1040. The van der Waals surface area contributed by atoms with E-state index in [0.29, 0.717) is 11.4 Å². The number of hydrogen-bond donors (Lipinski definition) is 1. The van der Waals surface area contributed by atoms with Gasteiger partial charge in [0.25, 0.3) is 0 Å². The molecule has 0 spiro atoms. The van der Waals surface area contributed by atoms with Crippen LogP contribution in [-0.2, 0) is 23.6 Å². The number of methoxy groups -OCH3 is 1. The van der Waals surface area contributed by atoms with Gasteiger partial charge in [0.15, 0.2) is 0 Å². The van der Waals surface area contributed by atoms with Crippen LogP contribution in [0.2, 0.25) is 0 Å². The molecule has 0 saturated carbocycles. The van der Waals surface area contributed by atoms with Crippen molar-refractivity contribution in [1.82, 2.24) is 19.5 Å². The van der Waals surface area contributed by atoms with Gasteiger partial charge in [-0.05, 0) is 55.3 Å².